The minimum absolute atomic E-state index is 0.277. The Morgan fingerprint density at radius 3 is 2.76 bits per heavy atom. The smallest absolute Gasteiger partial charge is 0.329 e. The zero-order chi connectivity index (χ0) is 12.8. The molecule has 0 saturated heterocycles. The molecule has 0 radical (unpaired) electrons. The van der Waals surface area contributed by atoms with Gasteiger partial charge < -0.3 is 9.30 Å². The fraction of sp³-hybridized carbons (Fsp3) is 0.538. The van der Waals surface area contributed by atoms with E-state index in [1.54, 1.807) is 29.8 Å². The van der Waals surface area contributed by atoms with Crippen molar-refractivity contribution in [3.63, 3.8) is 0 Å². The minimum atomic E-state index is -0.412. The first kappa shape index (κ1) is 13.5. The number of esters is 1. The van der Waals surface area contributed by atoms with Crippen LogP contribution in [0.1, 0.15) is 43.7 Å². The zero-order valence-corrected chi connectivity index (χ0v) is 10.6. The molecule has 0 aliphatic heterocycles. The molecule has 1 aromatic rings. The number of ether oxygens (including phenoxy) is 1. The number of hydrogen-bond acceptors (Lipinski definition) is 3. The van der Waals surface area contributed by atoms with Crippen LogP contribution in [0.25, 0.3) is 0 Å². The molecule has 0 unspecified atom stereocenters. The molecule has 94 valence electrons. The maximum absolute atomic E-state index is 11.9. The van der Waals surface area contributed by atoms with Gasteiger partial charge >= 0.3 is 5.97 Å². The highest BCUT2D eigenvalue weighted by atomic mass is 16.5. The van der Waals surface area contributed by atoms with Gasteiger partial charge in [-0.05, 0) is 31.4 Å². The molecule has 0 N–H and O–H groups in total. The molecular formula is C13H19NO3. The summed E-state index contributed by atoms with van der Waals surface area (Å²) in [6.45, 7) is 6.21. The summed E-state index contributed by atoms with van der Waals surface area (Å²) in [5.41, 5.74) is 0.503. The van der Waals surface area contributed by atoms with Crippen LogP contribution in [0.5, 0.6) is 0 Å². The molecule has 1 rings (SSSR count). The molecule has 4 nitrogen and oxygen atoms in total. The molecular weight excluding hydrogens is 218 g/mol. The van der Waals surface area contributed by atoms with Crippen molar-refractivity contribution in [2.45, 2.75) is 33.2 Å². The molecule has 1 heterocycles. The number of nitrogens with zero attached hydrogens (tertiary/aromatic N) is 1. The Morgan fingerprint density at radius 1 is 1.53 bits per heavy atom. The average molecular weight is 237 g/mol. The highest BCUT2D eigenvalue weighted by Crippen LogP contribution is 2.21. The molecule has 0 aromatic carbocycles. The van der Waals surface area contributed by atoms with E-state index in [2.05, 4.69) is 0 Å². The second kappa shape index (κ2) is 6.23. The summed E-state index contributed by atoms with van der Waals surface area (Å²) in [5, 5.41) is 0. The maximum atomic E-state index is 11.9. The van der Waals surface area contributed by atoms with Gasteiger partial charge in [-0.25, -0.2) is 4.79 Å². The van der Waals surface area contributed by atoms with Crippen molar-refractivity contribution in [2.75, 3.05) is 6.61 Å². The monoisotopic (exact) mass is 237 g/mol. The topological polar surface area (TPSA) is 48.3 Å². The predicted octanol–water partition coefficient (Wildman–Crippen LogP) is 2.45. The van der Waals surface area contributed by atoms with Gasteiger partial charge in [0, 0.05) is 6.20 Å². The van der Waals surface area contributed by atoms with Crippen molar-refractivity contribution < 1.29 is 14.3 Å². The van der Waals surface area contributed by atoms with Gasteiger partial charge in [0.05, 0.1) is 12.3 Å². The van der Waals surface area contributed by atoms with E-state index in [0.29, 0.717) is 24.6 Å². The largest absolute Gasteiger partial charge is 0.464 e. The van der Waals surface area contributed by atoms with Crippen molar-refractivity contribution >= 4 is 12.3 Å². The van der Waals surface area contributed by atoms with E-state index in [0.717, 1.165) is 6.29 Å². The summed E-state index contributed by atoms with van der Waals surface area (Å²) in [5.74, 6) is 0.0757. The van der Waals surface area contributed by atoms with Gasteiger partial charge in [0.2, 0.25) is 0 Å². The molecule has 0 fully saturated rings. The van der Waals surface area contributed by atoms with E-state index in [9.17, 15) is 9.59 Å². The van der Waals surface area contributed by atoms with Crippen LogP contribution in [0, 0.1) is 5.92 Å². The van der Waals surface area contributed by atoms with Gasteiger partial charge in [0.25, 0.3) is 0 Å². The number of carbonyl (C=O) groups excluding carboxylic acids is 2. The molecule has 1 aromatic heterocycles. The van der Waals surface area contributed by atoms with Gasteiger partial charge in [-0.1, -0.05) is 13.8 Å². The molecule has 1 atom stereocenters. The van der Waals surface area contributed by atoms with E-state index < -0.39 is 6.04 Å². The molecule has 0 aliphatic carbocycles. The summed E-state index contributed by atoms with van der Waals surface area (Å²) >= 11 is 0. The SMILES string of the molecule is CCOC(=O)[C@H](CC(C)C)n1cccc1C=O. The Hall–Kier alpha value is -1.58. The van der Waals surface area contributed by atoms with Crippen LogP contribution >= 0.6 is 0 Å². The average Bonchev–Trinajstić information content (AvgIpc) is 2.73. The third kappa shape index (κ3) is 3.44. The Morgan fingerprint density at radius 2 is 2.24 bits per heavy atom. The lowest BCUT2D eigenvalue weighted by Crippen LogP contribution is -2.24. The van der Waals surface area contributed by atoms with Crippen LogP contribution in [0.2, 0.25) is 0 Å². The van der Waals surface area contributed by atoms with Crippen LogP contribution in [0.15, 0.2) is 18.3 Å². The Kier molecular flexibility index (Phi) is 4.94. The molecule has 4 heteroatoms. The second-order valence-electron chi connectivity index (χ2n) is 4.36. The number of aldehydes is 1. The second-order valence-corrected chi connectivity index (χ2v) is 4.36. The summed E-state index contributed by atoms with van der Waals surface area (Å²) < 4.78 is 6.74. The highest BCUT2D eigenvalue weighted by Gasteiger charge is 2.24. The Labute approximate surface area is 102 Å². The van der Waals surface area contributed by atoms with Crippen LogP contribution in [-0.4, -0.2) is 23.4 Å². The van der Waals surface area contributed by atoms with E-state index in [1.165, 1.54) is 0 Å². The number of hydrogen-bond donors (Lipinski definition) is 0. The molecule has 0 amide bonds. The van der Waals surface area contributed by atoms with E-state index in [-0.39, 0.29) is 5.97 Å². The first-order chi connectivity index (χ1) is 8.10. The normalized spacial score (nSPS) is 12.5. The summed E-state index contributed by atoms with van der Waals surface area (Å²) in [6, 6.07) is 3.04. The van der Waals surface area contributed by atoms with Crippen LogP contribution < -0.4 is 0 Å². The third-order valence-electron chi connectivity index (χ3n) is 2.52. The van der Waals surface area contributed by atoms with Gasteiger partial charge in [0.15, 0.2) is 6.29 Å². The molecule has 0 spiro atoms. The maximum Gasteiger partial charge on any atom is 0.329 e. The highest BCUT2D eigenvalue weighted by molar-refractivity contribution is 5.78. The summed E-state index contributed by atoms with van der Waals surface area (Å²) in [7, 11) is 0. The first-order valence-electron chi connectivity index (χ1n) is 5.88. The molecule has 0 bridgehead atoms. The zero-order valence-electron chi connectivity index (χ0n) is 10.6. The van der Waals surface area contributed by atoms with E-state index in [4.69, 9.17) is 4.74 Å². The van der Waals surface area contributed by atoms with Crippen molar-refractivity contribution in [3.8, 4) is 0 Å². The third-order valence-corrected chi connectivity index (χ3v) is 2.52. The number of carbonyl (C=O) groups is 2. The first-order valence-corrected chi connectivity index (χ1v) is 5.88. The van der Waals surface area contributed by atoms with Crippen LogP contribution in [0.3, 0.4) is 0 Å². The van der Waals surface area contributed by atoms with E-state index in [1.807, 2.05) is 13.8 Å². The lowest BCUT2D eigenvalue weighted by Gasteiger charge is -2.20. The minimum Gasteiger partial charge on any atom is -0.464 e. The van der Waals surface area contributed by atoms with Gasteiger partial charge in [-0.2, -0.15) is 0 Å². The Balaban J connectivity index is 2.97. The predicted molar refractivity (Wildman–Crippen MR) is 64.9 cm³/mol. The van der Waals surface area contributed by atoms with Crippen molar-refractivity contribution in [3.05, 3.63) is 24.0 Å². The van der Waals surface area contributed by atoms with Crippen molar-refractivity contribution in [1.29, 1.82) is 0 Å². The van der Waals surface area contributed by atoms with E-state index >= 15 is 0 Å². The lowest BCUT2D eigenvalue weighted by molar-refractivity contribution is -0.147. The van der Waals surface area contributed by atoms with Crippen molar-refractivity contribution in [1.82, 2.24) is 4.57 Å². The number of rotatable bonds is 6. The molecule has 17 heavy (non-hydrogen) atoms. The standard InChI is InChI=1S/C13H19NO3/c1-4-17-13(16)12(8-10(2)3)14-7-5-6-11(14)9-15/h5-7,9-10,12H,4,8H2,1-3H3/t12-/m0/s1. The van der Waals surface area contributed by atoms with Crippen molar-refractivity contribution in [2.24, 2.45) is 5.92 Å². The fourth-order valence-corrected chi connectivity index (χ4v) is 1.80. The van der Waals surface area contributed by atoms with Gasteiger partial charge in [-0.3, -0.25) is 4.79 Å². The van der Waals surface area contributed by atoms with Crippen LogP contribution in [-0.2, 0) is 9.53 Å². The quantitative estimate of drug-likeness (QED) is 0.564. The fourth-order valence-electron chi connectivity index (χ4n) is 1.80. The number of aromatic nitrogens is 1. The summed E-state index contributed by atoms with van der Waals surface area (Å²) in [6.07, 6.45) is 3.16. The lowest BCUT2D eigenvalue weighted by atomic mass is 10.0. The molecule has 0 aliphatic rings. The Bertz CT molecular complexity index is 382. The summed E-state index contributed by atoms with van der Waals surface area (Å²) in [4.78, 5) is 22.8. The van der Waals surface area contributed by atoms with Gasteiger partial charge in [-0.15, -0.1) is 0 Å². The molecule has 0 saturated carbocycles. The van der Waals surface area contributed by atoms with Gasteiger partial charge in [0.1, 0.15) is 6.04 Å². The van der Waals surface area contributed by atoms with Crippen LogP contribution in [0.4, 0.5) is 0 Å².